The predicted molar refractivity (Wildman–Crippen MR) is 89.5 cm³/mol. The van der Waals surface area contributed by atoms with Crippen molar-refractivity contribution in [1.82, 2.24) is 19.7 Å². The van der Waals surface area contributed by atoms with Gasteiger partial charge in [-0.1, -0.05) is 5.16 Å². The number of hydrogen-bond acceptors (Lipinski definition) is 7. The van der Waals surface area contributed by atoms with Crippen LogP contribution in [0.25, 0.3) is 16.9 Å². The summed E-state index contributed by atoms with van der Waals surface area (Å²) in [4.78, 5) is 8.64. The lowest BCUT2D eigenvalue weighted by molar-refractivity contribution is 0.322. The minimum Gasteiger partial charge on any atom is -0.411 e. The van der Waals surface area contributed by atoms with Gasteiger partial charge in [0.25, 0.3) is 0 Å². The lowest BCUT2D eigenvalue weighted by atomic mass is 10.2. The molecule has 3 heterocycles. The SMILES string of the molecule is CC(C)Nc1cc(-n2ncc3cc(C#N)cnc32)ncc1C=NO. The highest BCUT2D eigenvalue weighted by Gasteiger charge is 2.11. The van der Waals surface area contributed by atoms with Crippen LogP contribution in [0.1, 0.15) is 25.0 Å². The van der Waals surface area contributed by atoms with Crippen LogP contribution in [0, 0.1) is 11.3 Å². The summed E-state index contributed by atoms with van der Waals surface area (Å²) in [7, 11) is 0. The predicted octanol–water partition coefficient (Wildman–Crippen LogP) is 2.32. The molecule has 3 rings (SSSR count). The Labute approximate surface area is 138 Å². The summed E-state index contributed by atoms with van der Waals surface area (Å²) in [5.41, 5.74) is 2.52. The van der Waals surface area contributed by atoms with Gasteiger partial charge in [0.2, 0.25) is 0 Å². The minimum absolute atomic E-state index is 0.191. The number of nitriles is 1. The van der Waals surface area contributed by atoms with E-state index in [4.69, 9.17) is 10.5 Å². The highest BCUT2D eigenvalue weighted by atomic mass is 16.4. The number of nitrogens with zero attached hydrogens (tertiary/aromatic N) is 6. The Morgan fingerprint density at radius 3 is 2.83 bits per heavy atom. The molecule has 8 nitrogen and oxygen atoms in total. The van der Waals surface area contributed by atoms with Crippen LogP contribution in [0.15, 0.2) is 35.9 Å². The summed E-state index contributed by atoms with van der Waals surface area (Å²) in [5.74, 6) is 0.570. The molecule has 0 aliphatic rings. The van der Waals surface area contributed by atoms with E-state index in [1.807, 2.05) is 19.9 Å². The smallest absolute Gasteiger partial charge is 0.164 e. The van der Waals surface area contributed by atoms with E-state index in [1.165, 1.54) is 12.4 Å². The fourth-order valence-electron chi connectivity index (χ4n) is 2.32. The van der Waals surface area contributed by atoms with Gasteiger partial charge in [0.15, 0.2) is 11.5 Å². The molecule has 0 aromatic carbocycles. The summed E-state index contributed by atoms with van der Waals surface area (Å²) >= 11 is 0. The summed E-state index contributed by atoms with van der Waals surface area (Å²) in [6.07, 6.45) is 6.06. The first kappa shape index (κ1) is 15.4. The topological polar surface area (TPSA) is 112 Å². The quantitative estimate of drug-likeness (QED) is 0.433. The highest BCUT2D eigenvalue weighted by Crippen LogP contribution is 2.21. The molecule has 0 aliphatic heterocycles. The summed E-state index contributed by atoms with van der Waals surface area (Å²) in [6, 6.07) is 5.79. The third-order valence-electron chi connectivity index (χ3n) is 3.32. The van der Waals surface area contributed by atoms with Gasteiger partial charge in [-0.25, -0.2) is 9.97 Å². The number of rotatable bonds is 4. The Balaban J connectivity index is 2.11. The van der Waals surface area contributed by atoms with Crippen molar-refractivity contribution in [2.75, 3.05) is 5.32 Å². The van der Waals surface area contributed by atoms with Gasteiger partial charge in [-0.15, -0.1) is 0 Å². The first-order valence-corrected chi connectivity index (χ1v) is 7.30. The first-order chi connectivity index (χ1) is 11.6. The summed E-state index contributed by atoms with van der Waals surface area (Å²) < 4.78 is 1.60. The lowest BCUT2D eigenvalue weighted by Gasteiger charge is -2.13. The summed E-state index contributed by atoms with van der Waals surface area (Å²) in [5, 5.41) is 29.1. The van der Waals surface area contributed by atoms with Crippen LogP contribution in [-0.4, -0.2) is 37.2 Å². The van der Waals surface area contributed by atoms with E-state index >= 15 is 0 Å². The molecule has 0 saturated heterocycles. The second kappa shape index (κ2) is 6.34. The maximum atomic E-state index is 8.95. The van der Waals surface area contributed by atoms with E-state index in [1.54, 1.807) is 23.1 Å². The van der Waals surface area contributed by atoms with Crippen molar-refractivity contribution in [2.45, 2.75) is 19.9 Å². The molecule has 0 amide bonds. The second-order valence-corrected chi connectivity index (χ2v) is 5.48. The molecule has 8 heteroatoms. The van der Waals surface area contributed by atoms with Crippen molar-refractivity contribution < 1.29 is 5.21 Å². The highest BCUT2D eigenvalue weighted by molar-refractivity contribution is 5.87. The van der Waals surface area contributed by atoms with Gasteiger partial charge >= 0.3 is 0 Å². The molecule has 0 unspecified atom stereocenters. The summed E-state index contributed by atoms with van der Waals surface area (Å²) in [6.45, 7) is 4.02. The third-order valence-corrected chi connectivity index (χ3v) is 3.32. The minimum atomic E-state index is 0.191. The average molecular weight is 321 g/mol. The van der Waals surface area contributed by atoms with Crippen LogP contribution in [0.2, 0.25) is 0 Å². The molecule has 3 aromatic heterocycles. The van der Waals surface area contributed by atoms with E-state index in [0.29, 0.717) is 22.6 Å². The van der Waals surface area contributed by atoms with Gasteiger partial charge in [0.05, 0.1) is 18.0 Å². The Hall–Kier alpha value is -3.47. The van der Waals surface area contributed by atoms with Crippen molar-refractivity contribution in [1.29, 1.82) is 5.26 Å². The number of nitrogens with one attached hydrogen (secondary N) is 1. The van der Waals surface area contributed by atoms with Crippen molar-refractivity contribution in [3.05, 3.63) is 41.9 Å². The van der Waals surface area contributed by atoms with Gasteiger partial charge in [-0.3, -0.25) is 0 Å². The van der Waals surface area contributed by atoms with Crippen LogP contribution >= 0.6 is 0 Å². The molecule has 0 saturated carbocycles. The molecule has 0 spiro atoms. The molecule has 0 atom stereocenters. The maximum absolute atomic E-state index is 8.95. The molecule has 0 radical (unpaired) electrons. The number of hydrogen-bond donors (Lipinski definition) is 2. The van der Waals surface area contributed by atoms with Crippen LogP contribution in [0.5, 0.6) is 0 Å². The van der Waals surface area contributed by atoms with Crippen LogP contribution in [0.4, 0.5) is 5.69 Å². The lowest BCUT2D eigenvalue weighted by Crippen LogP contribution is -2.13. The van der Waals surface area contributed by atoms with Gasteiger partial charge in [0, 0.05) is 41.1 Å². The molecule has 0 aliphatic carbocycles. The van der Waals surface area contributed by atoms with E-state index < -0.39 is 0 Å². The Bertz CT molecular complexity index is 953. The standard InChI is InChI=1S/C16H15N7O/c1-10(2)22-14-4-15(18-7-13(14)9-21-24)23-16-12(8-20-23)3-11(5-17)6-19-16/h3-4,6-10,24H,1-2H3,(H,18,22). The Morgan fingerprint density at radius 1 is 1.29 bits per heavy atom. The molecule has 0 bridgehead atoms. The van der Waals surface area contributed by atoms with Crippen LogP contribution in [0.3, 0.4) is 0 Å². The normalized spacial score (nSPS) is 11.2. The fraction of sp³-hybridized carbons (Fsp3) is 0.188. The molecule has 3 aromatic rings. The van der Waals surface area contributed by atoms with Crippen molar-refractivity contribution in [3.8, 4) is 11.9 Å². The largest absolute Gasteiger partial charge is 0.411 e. The monoisotopic (exact) mass is 321 g/mol. The van der Waals surface area contributed by atoms with E-state index in [0.717, 1.165) is 11.1 Å². The number of oxime groups is 1. The van der Waals surface area contributed by atoms with Gasteiger partial charge in [-0.05, 0) is 19.9 Å². The Kier molecular flexibility index (Phi) is 4.07. The second-order valence-electron chi connectivity index (χ2n) is 5.48. The average Bonchev–Trinajstić information content (AvgIpc) is 2.99. The number of anilines is 1. The number of pyridine rings is 2. The van der Waals surface area contributed by atoms with Crippen LogP contribution < -0.4 is 5.32 Å². The zero-order valence-corrected chi connectivity index (χ0v) is 13.2. The van der Waals surface area contributed by atoms with Gasteiger partial charge in [-0.2, -0.15) is 15.0 Å². The number of fused-ring (bicyclic) bond motifs is 1. The molecular weight excluding hydrogens is 306 g/mol. The number of aromatic nitrogens is 4. The van der Waals surface area contributed by atoms with E-state index in [9.17, 15) is 0 Å². The molecule has 0 fully saturated rings. The zero-order chi connectivity index (χ0) is 17.1. The zero-order valence-electron chi connectivity index (χ0n) is 13.2. The van der Waals surface area contributed by atoms with Crippen molar-refractivity contribution in [3.63, 3.8) is 0 Å². The van der Waals surface area contributed by atoms with E-state index in [-0.39, 0.29) is 6.04 Å². The maximum Gasteiger partial charge on any atom is 0.164 e. The molecule has 2 N–H and O–H groups in total. The Morgan fingerprint density at radius 2 is 2.12 bits per heavy atom. The van der Waals surface area contributed by atoms with Crippen molar-refractivity contribution in [2.24, 2.45) is 5.16 Å². The molecule has 24 heavy (non-hydrogen) atoms. The van der Waals surface area contributed by atoms with Gasteiger partial charge < -0.3 is 10.5 Å². The van der Waals surface area contributed by atoms with Crippen LogP contribution in [-0.2, 0) is 0 Å². The first-order valence-electron chi connectivity index (χ1n) is 7.30. The molecule has 120 valence electrons. The fourth-order valence-corrected chi connectivity index (χ4v) is 2.32. The third kappa shape index (κ3) is 2.87. The van der Waals surface area contributed by atoms with Gasteiger partial charge in [0.1, 0.15) is 6.07 Å². The van der Waals surface area contributed by atoms with E-state index in [2.05, 4.69) is 31.6 Å². The van der Waals surface area contributed by atoms with Crippen molar-refractivity contribution >= 4 is 22.9 Å². The molecular formula is C16H15N7O.